The highest BCUT2D eigenvalue weighted by molar-refractivity contribution is 5.79. The number of nitrogens with zero attached hydrogens (tertiary/aromatic N) is 4. The molecule has 1 unspecified atom stereocenters. The van der Waals surface area contributed by atoms with Crippen molar-refractivity contribution in [3.8, 4) is 0 Å². The molecule has 0 radical (unpaired) electrons. The maximum Gasteiger partial charge on any atom is 0.227 e. The zero-order valence-electron chi connectivity index (χ0n) is 15.3. The van der Waals surface area contributed by atoms with Crippen LogP contribution in [0, 0.1) is 0 Å². The highest BCUT2D eigenvalue weighted by Gasteiger charge is 2.46. The molecule has 1 atom stereocenters. The van der Waals surface area contributed by atoms with Gasteiger partial charge in [-0.15, -0.1) is 0 Å². The fourth-order valence-electron chi connectivity index (χ4n) is 3.88. The Bertz CT molecular complexity index is 809. The Kier molecular flexibility index (Phi) is 4.36. The van der Waals surface area contributed by atoms with Crippen molar-refractivity contribution in [2.45, 2.75) is 24.9 Å². The summed E-state index contributed by atoms with van der Waals surface area (Å²) in [5.41, 5.74) is 2.93. The monoisotopic (exact) mass is 352 g/mol. The van der Waals surface area contributed by atoms with E-state index in [9.17, 15) is 4.79 Å². The molecule has 0 saturated carbocycles. The second kappa shape index (κ2) is 6.68. The van der Waals surface area contributed by atoms with E-state index in [-0.39, 0.29) is 11.3 Å². The number of rotatable bonds is 3. The maximum atomic E-state index is 12.8. The van der Waals surface area contributed by atoms with Crippen LogP contribution in [0.3, 0.4) is 0 Å². The molecule has 2 aliphatic rings. The first kappa shape index (κ1) is 17.0. The van der Waals surface area contributed by atoms with Crippen LogP contribution in [-0.4, -0.2) is 54.6 Å². The second-order valence-corrected chi connectivity index (χ2v) is 7.44. The topological polar surface area (TPSA) is 58.6 Å². The molecule has 6 heteroatoms. The van der Waals surface area contributed by atoms with Gasteiger partial charge in [-0.3, -0.25) is 4.79 Å². The number of carbonyl (C=O) groups is 1. The van der Waals surface area contributed by atoms with Crippen molar-refractivity contribution in [3.05, 3.63) is 53.3 Å². The van der Waals surface area contributed by atoms with Gasteiger partial charge in [0.15, 0.2) is 0 Å². The third kappa shape index (κ3) is 3.05. The van der Waals surface area contributed by atoms with Gasteiger partial charge in [-0.25, -0.2) is 9.97 Å². The van der Waals surface area contributed by atoms with E-state index in [4.69, 9.17) is 9.72 Å². The summed E-state index contributed by atoms with van der Waals surface area (Å²) in [6.07, 6.45) is 3.19. The van der Waals surface area contributed by atoms with Gasteiger partial charge in [0.25, 0.3) is 0 Å². The molecule has 0 bridgehead atoms. The molecule has 26 heavy (non-hydrogen) atoms. The molecule has 1 aromatic heterocycles. The summed E-state index contributed by atoms with van der Waals surface area (Å²) in [6.45, 7) is 2.56. The number of aromatic nitrogens is 2. The minimum atomic E-state index is -0.215. The highest BCUT2D eigenvalue weighted by atomic mass is 16.5. The molecule has 0 N–H and O–H groups in total. The molecule has 136 valence electrons. The molecule has 0 aliphatic carbocycles. The molecular weight excluding hydrogens is 328 g/mol. The van der Waals surface area contributed by atoms with Crippen molar-refractivity contribution in [1.82, 2.24) is 14.9 Å². The summed E-state index contributed by atoms with van der Waals surface area (Å²) in [4.78, 5) is 25.9. The van der Waals surface area contributed by atoms with Crippen LogP contribution >= 0.6 is 0 Å². The Morgan fingerprint density at radius 1 is 1.31 bits per heavy atom. The van der Waals surface area contributed by atoms with E-state index in [1.807, 2.05) is 60.4 Å². The maximum absolute atomic E-state index is 12.8. The lowest BCUT2D eigenvalue weighted by atomic mass is 9.80. The van der Waals surface area contributed by atoms with E-state index in [1.165, 1.54) is 0 Å². The summed E-state index contributed by atoms with van der Waals surface area (Å²) in [5.74, 6) is 0.876. The Labute approximate surface area is 153 Å². The molecule has 4 rings (SSSR count). The largest absolute Gasteiger partial charge is 0.376 e. The minimum absolute atomic E-state index is 0.169. The van der Waals surface area contributed by atoms with Gasteiger partial charge >= 0.3 is 0 Å². The number of hydrogen-bond acceptors (Lipinski definition) is 5. The average Bonchev–Trinajstić information content (AvgIpc) is 3.07. The SMILES string of the molecule is CN(C)c1ncc2c(n1)C1(CCN(C(=O)Cc3ccccc3)C1)COC2. The Morgan fingerprint density at radius 2 is 2.12 bits per heavy atom. The molecule has 1 aromatic carbocycles. The van der Waals surface area contributed by atoms with E-state index < -0.39 is 0 Å². The van der Waals surface area contributed by atoms with Crippen LogP contribution in [0.25, 0.3) is 0 Å². The summed E-state index contributed by atoms with van der Waals surface area (Å²) in [7, 11) is 3.89. The Hall–Kier alpha value is -2.47. The lowest BCUT2D eigenvalue weighted by molar-refractivity contribution is -0.129. The van der Waals surface area contributed by atoms with Crippen molar-refractivity contribution in [2.24, 2.45) is 0 Å². The van der Waals surface area contributed by atoms with Gasteiger partial charge in [0, 0.05) is 38.9 Å². The number of amides is 1. The molecule has 2 aromatic rings. The second-order valence-electron chi connectivity index (χ2n) is 7.44. The van der Waals surface area contributed by atoms with Crippen LogP contribution in [-0.2, 0) is 28.0 Å². The summed E-state index contributed by atoms with van der Waals surface area (Å²) < 4.78 is 5.85. The van der Waals surface area contributed by atoms with Crippen LogP contribution < -0.4 is 4.90 Å². The van der Waals surface area contributed by atoms with Crippen molar-refractivity contribution in [2.75, 3.05) is 38.7 Å². The van der Waals surface area contributed by atoms with E-state index in [0.29, 0.717) is 32.1 Å². The molecule has 2 aliphatic heterocycles. The molecule has 1 spiro atoms. The van der Waals surface area contributed by atoms with Gasteiger partial charge < -0.3 is 14.5 Å². The molecular formula is C20H24N4O2. The highest BCUT2D eigenvalue weighted by Crippen LogP contribution is 2.39. The zero-order chi connectivity index (χ0) is 18.1. The van der Waals surface area contributed by atoms with Crippen LogP contribution in [0.2, 0.25) is 0 Å². The van der Waals surface area contributed by atoms with Crippen LogP contribution in [0.1, 0.15) is 23.2 Å². The molecule has 6 nitrogen and oxygen atoms in total. The molecule has 1 fully saturated rings. The third-order valence-electron chi connectivity index (χ3n) is 5.29. The standard InChI is InChI=1S/C20H24N4O2/c1-23(2)19-21-11-16-12-26-14-20(18(16)22-19)8-9-24(13-20)17(25)10-15-6-4-3-5-7-15/h3-7,11H,8-10,12-14H2,1-2H3. The lowest BCUT2D eigenvalue weighted by Crippen LogP contribution is -2.42. The van der Waals surface area contributed by atoms with E-state index in [0.717, 1.165) is 29.8 Å². The summed E-state index contributed by atoms with van der Waals surface area (Å²) in [5, 5.41) is 0. The Morgan fingerprint density at radius 3 is 2.88 bits per heavy atom. The first-order valence-corrected chi connectivity index (χ1v) is 9.01. The number of benzene rings is 1. The number of carbonyl (C=O) groups excluding carboxylic acids is 1. The quantitative estimate of drug-likeness (QED) is 0.843. The van der Waals surface area contributed by atoms with Gasteiger partial charge in [0.05, 0.1) is 30.7 Å². The fraction of sp³-hybridized carbons (Fsp3) is 0.450. The smallest absolute Gasteiger partial charge is 0.227 e. The minimum Gasteiger partial charge on any atom is -0.376 e. The number of anilines is 1. The van der Waals surface area contributed by atoms with E-state index in [1.54, 1.807) is 0 Å². The normalized spacial score (nSPS) is 21.7. The van der Waals surface area contributed by atoms with Crippen LogP contribution in [0.4, 0.5) is 5.95 Å². The number of hydrogen-bond donors (Lipinski definition) is 0. The van der Waals surface area contributed by atoms with Gasteiger partial charge in [-0.2, -0.15) is 0 Å². The van der Waals surface area contributed by atoms with E-state index >= 15 is 0 Å². The first-order valence-electron chi connectivity index (χ1n) is 9.01. The van der Waals surface area contributed by atoms with E-state index in [2.05, 4.69) is 4.98 Å². The number of ether oxygens (including phenoxy) is 1. The van der Waals surface area contributed by atoms with Crippen molar-refractivity contribution < 1.29 is 9.53 Å². The Balaban J connectivity index is 1.56. The van der Waals surface area contributed by atoms with Crippen LogP contribution in [0.15, 0.2) is 36.5 Å². The van der Waals surface area contributed by atoms with Crippen LogP contribution in [0.5, 0.6) is 0 Å². The first-order chi connectivity index (χ1) is 12.6. The van der Waals surface area contributed by atoms with Gasteiger partial charge in [0.2, 0.25) is 11.9 Å². The predicted octanol–water partition coefficient (Wildman–Crippen LogP) is 1.79. The number of fused-ring (bicyclic) bond motifs is 2. The third-order valence-corrected chi connectivity index (χ3v) is 5.29. The van der Waals surface area contributed by atoms with Crippen molar-refractivity contribution >= 4 is 11.9 Å². The molecule has 3 heterocycles. The predicted molar refractivity (Wildman–Crippen MR) is 99.0 cm³/mol. The molecule has 1 saturated heterocycles. The summed E-state index contributed by atoms with van der Waals surface area (Å²) >= 11 is 0. The van der Waals surface area contributed by atoms with Crippen molar-refractivity contribution in [3.63, 3.8) is 0 Å². The molecule has 1 amide bonds. The number of likely N-dealkylation sites (tertiary alicyclic amines) is 1. The lowest BCUT2D eigenvalue weighted by Gasteiger charge is -2.34. The average molecular weight is 352 g/mol. The fourth-order valence-corrected chi connectivity index (χ4v) is 3.88. The zero-order valence-corrected chi connectivity index (χ0v) is 15.3. The van der Waals surface area contributed by atoms with Gasteiger partial charge in [0.1, 0.15) is 0 Å². The van der Waals surface area contributed by atoms with Crippen molar-refractivity contribution in [1.29, 1.82) is 0 Å². The van der Waals surface area contributed by atoms with Gasteiger partial charge in [-0.1, -0.05) is 30.3 Å². The summed E-state index contributed by atoms with van der Waals surface area (Å²) in [6, 6.07) is 9.91. The van der Waals surface area contributed by atoms with Gasteiger partial charge in [-0.05, 0) is 12.0 Å².